The van der Waals surface area contributed by atoms with Gasteiger partial charge in [0.25, 0.3) is 10.5 Å². The van der Waals surface area contributed by atoms with Gasteiger partial charge in [0.2, 0.25) is 17.0 Å². The molecule has 0 N–H and O–H groups in total. The van der Waals surface area contributed by atoms with Gasteiger partial charge in [-0.15, -0.1) is 11.3 Å². The Bertz CT molecular complexity index is 4510. The van der Waals surface area contributed by atoms with Crippen LogP contribution in [0.5, 0.6) is 11.5 Å². The Labute approximate surface area is 521 Å². The van der Waals surface area contributed by atoms with Crippen LogP contribution >= 0.6 is 34.4 Å². The summed E-state index contributed by atoms with van der Waals surface area (Å²) in [6.45, 7) is 10.9. The Kier molecular flexibility index (Phi) is 18.7. The number of rotatable bonds is 20. The van der Waals surface area contributed by atoms with Gasteiger partial charge < -0.3 is 32.8 Å². The number of fused-ring (bicyclic) bond motifs is 6. The standard InChI is InChI=1S/C35H33N2O2.C34H34N2O7S5/c1-4-25(21-34-36(5-2)30-23-28(17-19-32(30)38-34)26-13-9-7-10-14-26)22-35-37(6-3)31-24-29(18-20-33(31)39-35)27-15-11-8-12-16-27;1-3-23(20-32-36(15-8-18-48(40,41)42)33-30(46-32)22-28(43-2)26-13-16-44-34(26)33)19-31-35(14-7-17-47(37,38)39)27-21-25(11-12-29(27)45-31)24-9-5-4-6-10-24/h7-24H,4-6H2,1-3H3;4-6,9-13,16,19-22H,3,7-8,14-15,17-18H2,1-2H3,(H-,37,38,39,40,41,42)/q+1;/p-1. The molecule has 446 valence electrons. The summed E-state index contributed by atoms with van der Waals surface area (Å²) in [5.41, 5.74) is 14.0. The third-order valence-electron chi connectivity index (χ3n) is 15.4. The molecule has 7 aromatic carbocycles. The number of thiazole rings is 1. The highest BCUT2D eigenvalue weighted by Gasteiger charge is 2.30. The third kappa shape index (κ3) is 13.8. The number of aryl methyl sites for hydroxylation is 2. The first-order valence-corrected chi connectivity index (χ1v) is 34.7. The number of hydrogen-bond acceptors (Lipinski definition) is 14. The van der Waals surface area contributed by atoms with Crippen molar-refractivity contribution in [3.63, 3.8) is 0 Å². The normalized spacial score (nSPS) is 14.5. The van der Waals surface area contributed by atoms with Gasteiger partial charge in [0.1, 0.15) is 21.7 Å². The SMILES string of the molecule is CCC(/C=C1\Sc2ccc(-c3ccccc3)cc2N1CCCS(=O)(=O)[O-])=C\c1sc2cc(OC)c3ccsc3c2[n+]1CCCS(=O)(=O)[O-].CCC(=C\c1oc2ccc(-c3ccccc3)cc2[n+]1CC)/C=C1/Oc2ccc(-c3ccccc3)cc2N1CC. The second-order valence-corrected chi connectivity index (χ2v) is 27.0. The molecule has 0 bridgehead atoms. The van der Waals surface area contributed by atoms with Crippen molar-refractivity contribution < 1.29 is 49.0 Å². The van der Waals surface area contributed by atoms with E-state index in [1.807, 2.05) is 60.0 Å². The van der Waals surface area contributed by atoms with E-state index in [0.29, 0.717) is 19.5 Å². The van der Waals surface area contributed by atoms with E-state index in [1.54, 1.807) is 41.5 Å². The number of methoxy groups -OCH3 is 1. The molecule has 2 aliphatic heterocycles. The first kappa shape index (κ1) is 60.9. The molecule has 2 aliphatic rings. The maximum absolute atomic E-state index is 11.5. The lowest BCUT2D eigenvalue weighted by molar-refractivity contribution is -0.674. The van der Waals surface area contributed by atoms with Gasteiger partial charge in [0.05, 0.1) is 49.8 Å². The number of oxazole rings is 1. The molecule has 0 fully saturated rings. The summed E-state index contributed by atoms with van der Waals surface area (Å²) < 4.78 is 93.6. The molecule has 0 radical (unpaired) electrons. The van der Waals surface area contributed by atoms with Crippen LogP contribution in [0, 0.1) is 0 Å². The monoisotopic (exact) mass is 1250 g/mol. The minimum absolute atomic E-state index is 0.177. The predicted molar refractivity (Wildman–Crippen MR) is 353 cm³/mol. The summed E-state index contributed by atoms with van der Waals surface area (Å²) >= 11 is 4.75. The van der Waals surface area contributed by atoms with E-state index in [9.17, 15) is 25.9 Å². The fraction of sp³-hybridized carbons (Fsp3) is 0.217. The van der Waals surface area contributed by atoms with Gasteiger partial charge in [-0.1, -0.05) is 146 Å². The van der Waals surface area contributed by atoms with E-state index in [1.165, 1.54) is 22.3 Å². The maximum Gasteiger partial charge on any atom is 0.374 e. The van der Waals surface area contributed by atoms with E-state index < -0.39 is 31.7 Å². The number of thiophene rings is 1. The molecule has 0 atom stereocenters. The Balaban J connectivity index is 0.000000184. The van der Waals surface area contributed by atoms with Crippen molar-refractivity contribution in [1.82, 2.24) is 0 Å². The molecule has 0 saturated carbocycles. The molecular formula is C69H66N4O9S5. The molecule has 10 aromatic rings. The molecule has 0 amide bonds. The van der Waals surface area contributed by atoms with Gasteiger partial charge in [0.15, 0.2) is 12.3 Å². The smallest absolute Gasteiger partial charge is 0.374 e. The van der Waals surface area contributed by atoms with Gasteiger partial charge in [-0.25, -0.2) is 16.8 Å². The van der Waals surface area contributed by atoms with Crippen LogP contribution in [0.2, 0.25) is 0 Å². The Morgan fingerprint density at radius 1 is 0.644 bits per heavy atom. The topological polar surface area (TPSA) is 160 Å². The molecule has 12 rings (SSSR count). The summed E-state index contributed by atoms with van der Waals surface area (Å²) in [5, 5.41) is 4.79. The van der Waals surface area contributed by atoms with Gasteiger partial charge in [-0.3, -0.25) is 0 Å². The van der Waals surface area contributed by atoms with Crippen LogP contribution in [0.3, 0.4) is 0 Å². The van der Waals surface area contributed by atoms with Crippen molar-refractivity contribution in [2.75, 3.05) is 41.5 Å². The molecule has 87 heavy (non-hydrogen) atoms. The number of thioether (sulfide) groups is 1. The third-order valence-corrected chi connectivity index (χ3v) is 20.0. The van der Waals surface area contributed by atoms with Crippen molar-refractivity contribution in [1.29, 1.82) is 0 Å². The van der Waals surface area contributed by atoms with Crippen LogP contribution in [-0.4, -0.2) is 57.6 Å². The molecule has 0 aliphatic carbocycles. The van der Waals surface area contributed by atoms with Crippen LogP contribution in [0.15, 0.2) is 207 Å². The average Bonchev–Trinajstić information content (AvgIpc) is 2.21. The van der Waals surface area contributed by atoms with Crippen molar-refractivity contribution >= 4 is 110 Å². The highest BCUT2D eigenvalue weighted by Crippen LogP contribution is 2.49. The van der Waals surface area contributed by atoms with E-state index in [0.717, 1.165) is 123 Å². The van der Waals surface area contributed by atoms with Crippen LogP contribution in [0.4, 0.5) is 11.4 Å². The first-order chi connectivity index (χ1) is 42.1. The van der Waals surface area contributed by atoms with Crippen LogP contribution in [0.25, 0.3) is 76.9 Å². The number of nitrogens with zero attached hydrogens (tertiary/aromatic N) is 4. The zero-order valence-electron chi connectivity index (χ0n) is 49.0. The Morgan fingerprint density at radius 2 is 1.25 bits per heavy atom. The minimum atomic E-state index is -4.37. The zero-order chi connectivity index (χ0) is 60.8. The van der Waals surface area contributed by atoms with Crippen LogP contribution < -0.4 is 28.4 Å². The number of ether oxygens (including phenoxy) is 2. The van der Waals surface area contributed by atoms with Gasteiger partial charge in [-0.05, 0) is 125 Å². The van der Waals surface area contributed by atoms with E-state index in [-0.39, 0.29) is 12.8 Å². The number of allylic oxidation sites excluding steroid dienone is 4. The largest absolute Gasteiger partial charge is 0.748 e. The van der Waals surface area contributed by atoms with Crippen LogP contribution in [0.1, 0.15) is 64.3 Å². The van der Waals surface area contributed by atoms with E-state index in [2.05, 4.69) is 174 Å². The highest BCUT2D eigenvalue weighted by atomic mass is 32.2. The second kappa shape index (κ2) is 26.7. The molecule has 18 heteroatoms. The lowest BCUT2D eigenvalue weighted by atomic mass is 10.0. The van der Waals surface area contributed by atoms with Gasteiger partial charge in [-0.2, -0.15) is 9.13 Å². The average molecular weight is 1260 g/mol. The van der Waals surface area contributed by atoms with Gasteiger partial charge >= 0.3 is 5.89 Å². The number of aromatic nitrogens is 2. The zero-order valence-corrected chi connectivity index (χ0v) is 53.1. The lowest BCUT2D eigenvalue weighted by Crippen LogP contribution is -2.36. The van der Waals surface area contributed by atoms with Crippen molar-refractivity contribution in [3.05, 3.63) is 208 Å². The highest BCUT2D eigenvalue weighted by molar-refractivity contribution is 8.03. The molecular weight excluding hydrogens is 1190 g/mol. The summed E-state index contributed by atoms with van der Waals surface area (Å²) in [6, 6.07) is 54.1. The molecule has 0 saturated heterocycles. The molecule has 0 unspecified atom stereocenters. The summed E-state index contributed by atoms with van der Waals surface area (Å²) in [6.07, 6.45) is 10.4. The fourth-order valence-corrected chi connectivity index (χ4v) is 15.4. The number of anilines is 2. The molecule has 3 aromatic heterocycles. The maximum atomic E-state index is 11.5. The number of hydrogen-bond donors (Lipinski definition) is 0. The number of benzene rings is 7. The first-order valence-electron chi connectivity index (χ1n) is 29.1. The molecule has 5 heterocycles. The van der Waals surface area contributed by atoms with Crippen molar-refractivity contribution in [3.8, 4) is 44.9 Å². The fourth-order valence-electron chi connectivity index (χ4n) is 11.0. The summed E-state index contributed by atoms with van der Waals surface area (Å²) in [7, 11) is -7.09. The minimum Gasteiger partial charge on any atom is -0.748 e. The van der Waals surface area contributed by atoms with Crippen LogP contribution in [-0.2, 0) is 33.3 Å². The second-order valence-electron chi connectivity index (χ2n) is 21.0. The van der Waals surface area contributed by atoms with Crippen molar-refractivity contribution in [2.24, 2.45) is 0 Å². The summed E-state index contributed by atoms with van der Waals surface area (Å²) in [4.78, 5) is 5.35. The molecule has 13 nitrogen and oxygen atoms in total. The van der Waals surface area contributed by atoms with Gasteiger partial charge in [0, 0.05) is 65.6 Å². The Morgan fingerprint density at radius 3 is 1.87 bits per heavy atom. The molecule has 0 spiro atoms. The van der Waals surface area contributed by atoms with E-state index in [4.69, 9.17) is 13.9 Å². The Hall–Kier alpha value is -7.81. The quantitative estimate of drug-likeness (QED) is 0.0526. The lowest BCUT2D eigenvalue weighted by Gasteiger charge is -2.22. The predicted octanol–water partition coefficient (Wildman–Crippen LogP) is 15.8. The summed E-state index contributed by atoms with van der Waals surface area (Å²) in [5.74, 6) is 2.43. The van der Waals surface area contributed by atoms with E-state index >= 15 is 0 Å². The van der Waals surface area contributed by atoms with Crippen molar-refractivity contribution in [2.45, 2.75) is 71.4 Å².